The lowest BCUT2D eigenvalue weighted by Crippen LogP contribution is -2.27. The van der Waals surface area contributed by atoms with E-state index in [0.717, 1.165) is 5.39 Å². The minimum absolute atomic E-state index is 0.0964. The number of carbonyl (C=O) groups excluding carboxylic acids is 1. The number of benzene rings is 1. The summed E-state index contributed by atoms with van der Waals surface area (Å²) in [6, 6.07) is 7.23. The molecule has 28 heavy (non-hydrogen) atoms. The average molecular weight is 404 g/mol. The van der Waals surface area contributed by atoms with Gasteiger partial charge in [-0.05, 0) is 19.1 Å². The Kier molecular flexibility index (Phi) is 5.56. The van der Waals surface area contributed by atoms with E-state index in [9.17, 15) is 13.2 Å². The van der Waals surface area contributed by atoms with E-state index in [1.54, 1.807) is 30.7 Å². The Morgan fingerprint density at radius 3 is 2.71 bits per heavy atom. The molecule has 0 atom stereocenters. The molecule has 3 rings (SSSR count). The molecule has 0 bridgehead atoms. The number of nitrogens with zero attached hydrogens (tertiary/aromatic N) is 4. The van der Waals surface area contributed by atoms with Crippen molar-refractivity contribution in [1.82, 2.24) is 24.2 Å². The zero-order valence-electron chi connectivity index (χ0n) is 15.4. The largest absolute Gasteiger partial charge is 0.457 e. The molecular formula is C17H20N6O4S. The fourth-order valence-electron chi connectivity index (χ4n) is 2.45. The summed E-state index contributed by atoms with van der Waals surface area (Å²) in [6.07, 6.45) is 1.26. The van der Waals surface area contributed by atoms with Crippen LogP contribution < -0.4 is 10.5 Å². The van der Waals surface area contributed by atoms with Gasteiger partial charge in [0.1, 0.15) is 11.6 Å². The standard InChI is InChI=1S/C17H20N6O4S/c1-11-20-15(9-23(11)2)28(25,26)19-8-7-16(24)27-10-14-21-13-6-4-3-5-12(13)17(18)22-14/h3-6,9,19H,7-8,10H2,1-2H3,(H2,18,21,22). The fraction of sp³-hybridized carbons (Fsp3) is 0.294. The van der Waals surface area contributed by atoms with E-state index >= 15 is 0 Å². The molecule has 0 amide bonds. The molecule has 0 saturated carbocycles. The molecular weight excluding hydrogens is 384 g/mol. The third-order valence-electron chi connectivity index (χ3n) is 4.02. The van der Waals surface area contributed by atoms with Gasteiger partial charge in [0.2, 0.25) is 0 Å². The van der Waals surface area contributed by atoms with E-state index in [1.165, 1.54) is 6.20 Å². The van der Waals surface area contributed by atoms with Gasteiger partial charge in [-0.2, -0.15) is 0 Å². The molecule has 0 radical (unpaired) electrons. The second-order valence-corrected chi connectivity index (χ2v) is 7.80. The molecule has 0 aliphatic carbocycles. The van der Waals surface area contributed by atoms with Gasteiger partial charge in [-0.1, -0.05) is 12.1 Å². The van der Waals surface area contributed by atoms with E-state index in [1.807, 2.05) is 12.1 Å². The maximum atomic E-state index is 12.1. The van der Waals surface area contributed by atoms with Gasteiger partial charge in [-0.3, -0.25) is 4.79 Å². The van der Waals surface area contributed by atoms with Crippen molar-refractivity contribution in [2.75, 3.05) is 12.3 Å². The number of sulfonamides is 1. The third-order valence-corrected chi connectivity index (χ3v) is 5.36. The number of aromatic nitrogens is 4. The Balaban J connectivity index is 1.52. The van der Waals surface area contributed by atoms with Crippen LogP contribution in [0, 0.1) is 6.92 Å². The van der Waals surface area contributed by atoms with Crippen LogP contribution in [-0.2, 0) is 33.2 Å². The number of para-hydroxylation sites is 1. The molecule has 2 heterocycles. The number of anilines is 1. The zero-order valence-corrected chi connectivity index (χ0v) is 16.2. The highest BCUT2D eigenvalue weighted by atomic mass is 32.2. The highest BCUT2D eigenvalue weighted by molar-refractivity contribution is 7.89. The molecule has 0 unspecified atom stereocenters. The van der Waals surface area contributed by atoms with Gasteiger partial charge < -0.3 is 15.0 Å². The Labute approximate surface area is 161 Å². The van der Waals surface area contributed by atoms with Crippen molar-refractivity contribution in [3.8, 4) is 0 Å². The van der Waals surface area contributed by atoms with Gasteiger partial charge in [-0.15, -0.1) is 0 Å². The number of rotatable bonds is 7. The van der Waals surface area contributed by atoms with E-state index in [0.29, 0.717) is 17.2 Å². The van der Waals surface area contributed by atoms with Gasteiger partial charge in [0.15, 0.2) is 17.5 Å². The Morgan fingerprint density at radius 2 is 2.00 bits per heavy atom. The van der Waals surface area contributed by atoms with E-state index in [4.69, 9.17) is 10.5 Å². The molecule has 2 aromatic heterocycles. The number of imidazole rings is 1. The summed E-state index contributed by atoms with van der Waals surface area (Å²) >= 11 is 0. The van der Waals surface area contributed by atoms with Gasteiger partial charge in [0, 0.05) is 25.2 Å². The molecule has 11 heteroatoms. The highest BCUT2D eigenvalue weighted by Gasteiger charge is 2.18. The van der Waals surface area contributed by atoms with Crippen LogP contribution in [0.3, 0.4) is 0 Å². The second kappa shape index (κ2) is 7.90. The van der Waals surface area contributed by atoms with Crippen LogP contribution in [0.5, 0.6) is 0 Å². The smallest absolute Gasteiger partial charge is 0.307 e. The number of fused-ring (bicyclic) bond motifs is 1. The lowest BCUT2D eigenvalue weighted by molar-refractivity contribution is -0.145. The number of aryl methyl sites for hydroxylation is 2. The molecule has 148 valence electrons. The Morgan fingerprint density at radius 1 is 1.25 bits per heavy atom. The summed E-state index contributed by atoms with van der Waals surface area (Å²) in [5.74, 6) is 0.550. The van der Waals surface area contributed by atoms with Gasteiger partial charge in [0.05, 0.1) is 11.9 Å². The minimum atomic E-state index is -3.79. The summed E-state index contributed by atoms with van der Waals surface area (Å²) in [5, 5.41) is 0.623. The van der Waals surface area contributed by atoms with Gasteiger partial charge in [0.25, 0.3) is 10.0 Å². The number of hydrogen-bond donors (Lipinski definition) is 2. The number of ether oxygens (including phenoxy) is 1. The lowest BCUT2D eigenvalue weighted by atomic mass is 10.2. The molecule has 0 spiro atoms. The van der Waals surface area contributed by atoms with Crippen molar-refractivity contribution >= 4 is 32.7 Å². The fourth-order valence-corrected chi connectivity index (χ4v) is 3.52. The van der Waals surface area contributed by atoms with Crippen LogP contribution in [0.1, 0.15) is 18.1 Å². The van der Waals surface area contributed by atoms with Gasteiger partial charge in [-0.25, -0.2) is 28.1 Å². The van der Waals surface area contributed by atoms with Crippen LogP contribution in [0.15, 0.2) is 35.5 Å². The quantitative estimate of drug-likeness (QED) is 0.547. The SMILES string of the molecule is Cc1nc(S(=O)(=O)NCCC(=O)OCc2nc(N)c3ccccc3n2)cn1C. The normalized spacial score (nSPS) is 11.6. The molecule has 0 aliphatic heterocycles. The van der Waals surface area contributed by atoms with Gasteiger partial charge >= 0.3 is 5.97 Å². The summed E-state index contributed by atoms with van der Waals surface area (Å²) in [6.45, 7) is 1.43. The van der Waals surface area contributed by atoms with Crippen LogP contribution >= 0.6 is 0 Å². The van der Waals surface area contributed by atoms with Crippen LogP contribution in [-0.4, -0.2) is 40.5 Å². The number of carbonyl (C=O) groups is 1. The first kappa shape index (κ1) is 19.7. The maximum absolute atomic E-state index is 12.1. The predicted octanol–water partition coefficient (Wildman–Crippen LogP) is 0.666. The zero-order chi connectivity index (χ0) is 20.3. The molecule has 3 aromatic rings. The van der Waals surface area contributed by atoms with E-state index in [-0.39, 0.29) is 30.4 Å². The number of nitrogens with one attached hydrogen (secondary N) is 1. The van der Waals surface area contributed by atoms with Crippen molar-refractivity contribution in [3.05, 3.63) is 42.1 Å². The summed E-state index contributed by atoms with van der Waals surface area (Å²) in [7, 11) is -2.09. The van der Waals surface area contributed by atoms with Crippen molar-refractivity contribution in [2.45, 2.75) is 25.0 Å². The number of nitrogen functional groups attached to an aromatic ring is 1. The van der Waals surface area contributed by atoms with Crippen molar-refractivity contribution in [3.63, 3.8) is 0 Å². The number of hydrogen-bond acceptors (Lipinski definition) is 8. The van der Waals surface area contributed by atoms with E-state index < -0.39 is 16.0 Å². The van der Waals surface area contributed by atoms with Crippen LogP contribution in [0.2, 0.25) is 0 Å². The molecule has 10 nitrogen and oxygen atoms in total. The lowest BCUT2D eigenvalue weighted by Gasteiger charge is -2.07. The predicted molar refractivity (Wildman–Crippen MR) is 101 cm³/mol. The third kappa shape index (κ3) is 4.43. The average Bonchev–Trinajstić information content (AvgIpc) is 3.00. The maximum Gasteiger partial charge on any atom is 0.307 e. The molecule has 0 aliphatic rings. The molecule has 1 aromatic carbocycles. The van der Waals surface area contributed by atoms with Crippen molar-refractivity contribution < 1.29 is 17.9 Å². The monoisotopic (exact) mass is 404 g/mol. The summed E-state index contributed by atoms with van der Waals surface area (Å²) in [4.78, 5) is 24.2. The number of esters is 1. The first-order valence-corrected chi connectivity index (χ1v) is 9.91. The Bertz CT molecular complexity index is 1110. The molecule has 0 fully saturated rings. The topological polar surface area (TPSA) is 142 Å². The van der Waals surface area contributed by atoms with Crippen molar-refractivity contribution in [1.29, 1.82) is 0 Å². The van der Waals surface area contributed by atoms with E-state index in [2.05, 4.69) is 19.7 Å². The van der Waals surface area contributed by atoms with Crippen LogP contribution in [0.4, 0.5) is 5.82 Å². The first-order chi connectivity index (χ1) is 13.3. The van der Waals surface area contributed by atoms with Crippen LogP contribution in [0.25, 0.3) is 10.9 Å². The number of nitrogens with two attached hydrogens (primary N) is 1. The molecule has 3 N–H and O–H groups in total. The minimum Gasteiger partial charge on any atom is -0.457 e. The highest BCUT2D eigenvalue weighted by Crippen LogP contribution is 2.17. The first-order valence-electron chi connectivity index (χ1n) is 8.42. The summed E-state index contributed by atoms with van der Waals surface area (Å²) < 4.78 is 33.3. The second-order valence-electron chi connectivity index (χ2n) is 6.09. The Hall–Kier alpha value is -3.05. The summed E-state index contributed by atoms with van der Waals surface area (Å²) in [5.41, 5.74) is 6.54. The van der Waals surface area contributed by atoms with Crippen molar-refractivity contribution in [2.24, 2.45) is 7.05 Å². The molecule has 0 saturated heterocycles.